The Morgan fingerprint density at radius 2 is 1.54 bits per heavy atom. The lowest BCUT2D eigenvalue weighted by atomic mass is 10.1. The van der Waals surface area contributed by atoms with Gasteiger partial charge in [-0.3, -0.25) is 13.9 Å². The zero-order chi connectivity index (χ0) is 28.7. The third-order valence-corrected chi connectivity index (χ3v) is 8.63. The average molecular weight is 631 g/mol. The fraction of sp³-hybridized carbons (Fsp3) is 0.259. The first kappa shape index (κ1) is 31.0. The minimum absolute atomic E-state index is 0.0325. The van der Waals surface area contributed by atoms with Crippen molar-refractivity contribution in [3.8, 4) is 0 Å². The summed E-state index contributed by atoms with van der Waals surface area (Å²) in [6.07, 6.45) is 0.702. The molecule has 3 aromatic rings. The Hall–Kier alpha value is -2.49. The first-order chi connectivity index (χ1) is 18.4. The van der Waals surface area contributed by atoms with Crippen molar-refractivity contribution in [3.05, 3.63) is 92.4 Å². The predicted molar refractivity (Wildman–Crippen MR) is 157 cm³/mol. The van der Waals surface area contributed by atoms with Crippen LogP contribution in [0.5, 0.6) is 0 Å². The van der Waals surface area contributed by atoms with Crippen molar-refractivity contribution < 1.29 is 18.0 Å². The van der Waals surface area contributed by atoms with Crippen LogP contribution in [0.4, 0.5) is 5.69 Å². The molecule has 208 valence electrons. The van der Waals surface area contributed by atoms with Crippen molar-refractivity contribution >= 4 is 73.9 Å². The molecule has 3 rings (SSSR count). The molecule has 0 saturated carbocycles. The van der Waals surface area contributed by atoms with Crippen molar-refractivity contribution in [2.24, 2.45) is 0 Å². The smallest absolute Gasteiger partial charge is 0.264 e. The van der Waals surface area contributed by atoms with Crippen LogP contribution in [-0.4, -0.2) is 44.3 Å². The Morgan fingerprint density at radius 1 is 0.897 bits per heavy atom. The average Bonchev–Trinajstić information content (AvgIpc) is 2.89. The second kappa shape index (κ2) is 13.7. The quantitative estimate of drug-likeness (QED) is 0.264. The molecule has 0 spiro atoms. The zero-order valence-corrected chi connectivity index (χ0v) is 25.0. The van der Waals surface area contributed by atoms with Crippen LogP contribution >= 0.6 is 46.4 Å². The van der Waals surface area contributed by atoms with Gasteiger partial charge in [-0.25, -0.2) is 8.42 Å². The third kappa shape index (κ3) is 8.02. The Labute approximate surface area is 248 Å². The van der Waals surface area contributed by atoms with Gasteiger partial charge in [0.15, 0.2) is 0 Å². The van der Waals surface area contributed by atoms with E-state index in [1.54, 1.807) is 37.3 Å². The molecular weight excluding hydrogens is 604 g/mol. The van der Waals surface area contributed by atoms with Crippen LogP contribution in [-0.2, 0) is 26.2 Å². The highest BCUT2D eigenvalue weighted by atomic mass is 35.5. The first-order valence-corrected chi connectivity index (χ1v) is 14.9. The number of amides is 2. The molecule has 0 aliphatic heterocycles. The molecule has 7 nitrogen and oxygen atoms in total. The maximum absolute atomic E-state index is 13.9. The number of hydrogen-bond acceptors (Lipinski definition) is 4. The van der Waals surface area contributed by atoms with Gasteiger partial charge in [0.2, 0.25) is 11.8 Å². The second-order valence-corrected chi connectivity index (χ2v) is 12.3. The number of carbonyl (C=O) groups is 2. The van der Waals surface area contributed by atoms with Gasteiger partial charge >= 0.3 is 0 Å². The molecule has 1 N–H and O–H groups in total. The molecule has 39 heavy (non-hydrogen) atoms. The Morgan fingerprint density at radius 3 is 2.13 bits per heavy atom. The SMILES string of the molecule is CCCNC(=O)[C@H](C)N(Cc1ccc(Cl)cc1Cl)C(=O)CN(c1cc(Cl)cc(Cl)c1)S(=O)(=O)c1ccccc1. The third-order valence-electron chi connectivity index (χ3n) is 5.82. The molecule has 0 aliphatic carbocycles. The Kier molecular flexibility index (Phi) is 10.9. The summed E-state index contributed by atoms with van der Waals surface area (Å²) in [6, 6.07) is 15.8. The minimum Gasteiger partial charge on any atom is -0.354 e. The first-order valence-electron chi connectivity index (χ1n) is 12.0. The van der Waals surface area contributed by atoms with Gasteiger partial charge in [0, 0.05) is 33.2 Å². The summed E-state index contributed by atoms with van der Waals surface area (Å²) in [5.74, 6) is -1.03. The monoisotopic (exact) mass is 629 g/mol. The molecule has 0 fully saturated rings. The van der Waals surface area contributed by atoms with E-state index in [0.717, 1.165) is 4.31 Å². The van der Waals surface area contributed by atoms with Crippen LogP contribution in [0, 0.1) is 0 Å². The molecule has 0 aliphatic rings. The number of nitrogens with one attached hydrogen (secondary N) is 1. The predicted octanol–water partition coefficient (Wildman–Crippen LogP) is 6.44. The van der Waals surface area contributed by atoms with E-state index in [1.807, 2.05) is 6.92 Å². The summed E-state index contributed by atoms with van der Waals surface area (Å²) in [4.78, 5) is 28.0. The number of nitrogens with zero attached hydrogens (tertiary/aromatic N) is 2. The van der Waals surface area contributed by atoms with Gasteiger partial charge in [0.05, 0.1) is 10.6 Å². The molecule has 2 amide bonds. The van der Waals surface area contributed by atoms with Crippen LogP contribution in [0.1, 0.15) is 25.8 Å². The normalized spacial score (nSPS) is 12.1. The largest absolute Gasteiger partial charge is 0.354 e. The van der Waals surface area contributed by atoms with E-state index in [9.17, 15) is 18.0 Å². The molecule has 0 unspecified atom stereocenters. The molecule has 0 radical (unpaired) electrons. The summed E-state index contributed by atoms with van der Waals surface area (Å²) in [7, 11) is -4.24. The van der Waals surface area contributed by atoms with Gasteiger partial charge in [-0.1, -0.05) is 77.6 Å². The fourth-order valence-corrected chi connectivity index (χ4v) is 6.15. The molecule has 1 atom stereocenters. The summed E-state index contributed by atoms with van der Waals surface area (Å²) < 4.78 is 28.5. The summed E-state index contributed by atoms with van der Waals surface area (Å²) in [6.45, 7) is 3.20. The maximum atomic E-state index is 13.9. The van der Waals surface area contributed by atoms with E-state index in [-0.39, 0.29) is 27.2 Å². The highest BCUT2D eigenvalue weighted by molar-refractivity contribution is 7.92. The van der Waals surface area contributed by atoms with Gasteiger partial charge in [-0.2, -0.15) is 0 Å². The molecule has 3 aromatic carbocycles. The molecule has 12 heteroatoms. The van der Waals surface area contributed by atoms with E-state index >= 15 is 0 Å². The van der Waals surface area contributed by atoms with Crippen molar-refractivity contribution in [1.29, 1.82) is 0 Å². The highest BCUT2D eigenvalue weighted by Gasteiger charge is 2.33. The van der Waals surface area contributed by atoms with Gasteiger partial charge < -0.3 is 10.2 Å². The van der Waals surface area contributed by atoms with Crippen LogP contribution < -0.4 is 9.62 Å². The van der Waals surface area contributed by atoms with Crippen molar-refractivity contribution in [1.82, 2.24) is 10.2 Å². The number of hydrogen-bond donors (Lipinski definition) is 1. The van der Waals surface area contributed by atoms with Crippen molar-refractivity contribution in [2.75, 3.05) is 17.4 Å². The highest BCUT2D eigenvalue weighted by Crippen LogP contribution is 2.30. The lowest BCUT2D eigenvalue weighted by Gasteiger charge is -2.32. The van der Waals surface area contributed by atoms with Gasteiger partial charge in [0.25, 0.3) is 10.0 Å². The molecule has 0 saturated heterocycles. The number of rotatable bonds is 11. The topological polar surface area (TPSA) is 86.8 Å². The number of sulfonamides is 1. The number of benzene rings is 3. The van der Waals surface area contributed by atoms with E-state index in [2.05, 4.69) is 5.32 Å². The van der Waals surface area contributed by atoms with Crippen LogP contribution in [0.2, 0.25) is 20.1 Å². The molecular formula is C27H27Cl4N3O4S. The fourth-order valence-electron chi connectivity index (χ4n) is 3.74. The van der Waals surface area contributed by atoms with Crippen LogP contribution in [0.15, 0.2) is 71.6 Å². The number of anilines is 1. The van der Waals surface area contributed by atoms with Gasteiger partial charge in [-0.15, -0.1) is 0 Å². The lowest BCUT2D eigenvalue weighted by Crippen LogP contribution is -2.51. The van der Waals surface area contributed by atoms with Gasteiger partial charge in [0.1, 0.15) is 12.6 Å². The van der Waals surface area contributed by atoms with Crippen LogP contribution in [0.3, 0.4) is 0 Å². The zero-order valence-electron chi connectivity index (χ0n) is 21.2. The Bertz CT molecular complexity index is 1420. The minimum atomic E-state index is -4.24. The summed E-state index contributed by atoms with van der Waals surface area (Å²) >= 11 is 24.8. The van der Waals surface area contributed by atoms with Crippen molar-refractivity contribution in [2.45, 2.75) is 37.8 Å². The van der Waals surface area contributed by atoms with Crippen molar-refractivity contribution in [3.63, 3.8) is 0 Å². The standard InChI is InChI=1S/C27H27Cl4N3O4S/c1-3-11-32-27(36)18(2)33(16-19-9-10-20(28)15-25(19)31)26(35)17-34(23-13-21(29)12-22(30)14-23)39(37,38)24-7-5-4-6-8-24/h4-10,12-15,18H,3,11,16-17H2,1-2H3,(H,32,36)/t18-/m0/s1. The lowest BCUT2D eigenvalue weighted by molar-refractivity contribution is -0.139. The summed E-state index contributed by atoms with van der Waals surface area (Å²) in [5.41, 5.74) is 0.630. The molecule has 0 heterocycles. The number of carbonyl (C=O) groups excluding carboxylic acids is 2. The van der Waals surface area contributed by atoms with E-state index in [4.69, 9.17) is 46.4 Å². The molecule has 0 bridgehead atoms. The van der Waals surface area contributed by atoms with Gasteiger partial charge in [-0.05, 0) is 61.4 Å². The second-order valence-electron chi connectivity index (χ2n) is 8.68. The van der Waals surface area contributed by atoms with E-state index in [0.29, 0.717) is 28.6 Å². The number of halogens is 4. The molecule has 0 aromatic heterocycles. The summed E-state index contributed by atoms with van der Waals surface area (Å²) in [5, 5.41) is 3.87. The maximum Gasteiger partial charge on any atom is 0.264 e. The van der Waals surface area contributed by atoms with E-state index < -0.39 is 34.4 Å². The Balaban J connectivity index is 2.06. The van der Waals surface area contributed by atoms with E-state index in [1.165, 1.54) is 41.3 Å². The van der Waals surface area contributed by atoms with Crippen LogP contribution in [0.25, 0.3) is 0 Å².